The van der Waals surface area contributed by atoms with Crippen LogP contribution in [0.15, 0.2) is 41.8 Å². The molecule has 17 heavy (non-hydrogen) atoms. The van der Waals surface area contributed by atoms with Crippen molar-refractivity contribution < 1.29 is 4.79 Å². The fourth-order valence-electron chi connectivity index (χ4n) is 1.55. The average molecular weight is 266 g/mol. The second kappa shape index (κ2) is 5.34. The van der Waals surface area contributed by atoms with Crippen LogP contribution < -0.4 is 0 Å². The van der Waals surface area contributed by atoms with Crippen LogP contribution in [-0.4, -0.2) is 17.9 Å². The molecule has 0 saturated heterocycles. The Morgan fingerprint density at radius 1 is 1.29 bits per heavy atom. The molecule has 0 radical (unpaired) electrons. The number of carbonyl (C=O) groups excluding carboxylic acids is 1. The first kappa shape index (κ1) is 12.1. The number of amides is 1. The van der Waals surface area contributed by atoms with E-state index in [4.69, 9.17) is 11.6 Å². The topological polar surface area (TPSA) is 20.3 Å². The average Bonchev–Trinajstić information content (AvgIpc) is 2.76. The van der Waals surface area contributed by atoms with Crippen molar-refractivity contribution in [2.45, 2.75) is 6.54 Å². The van der Waals surface area contributed by atoms with Gasteiger partial charge in [-0.25, -0.2) is 0 Å². The molecule has 0 aliphatic rings. The Bertz CT molecular complexity index is 509. The Morgan fingerprint density at radius 3 is 2.59 bits per heavy atom. The maximum Gasteiger partial charge on any atom is 0.265 e. The van der Waals surface area contributed by atoms with Gasteiger partial charge >= 0.3 is 0 Å². The summed E-state index contributed by atoms with van der Waals surface area (Å²) in [6, 6.07) is 11.6. The summed E-state index contributed by atoms with van der Waals surface area (Å²) in [6.45, 7) is 0.591. The lowest BCUT2D eigenvalue weighted by Gasteiger charge is -2.16. The van der Waals surface area contributed by atoms with Gasteiger partial charge in [0, 0.05) is 13.6 Å². The van der Waals surface area contributed by atoms with Crippen LogP contribution in [0.25, 0.3) is 0 Å². The van der Waals surface area contributed by atoms with Gasteiger partial charge in [-0.05, 0) is 17.0 Å². The van der Waals surface area contributed by atoms with Crippen LogP contribution in [-0.2, 0) is 6.54 Å². The van der Waals surface area contributed by atoms with Gasteiger partial charge in [0.1, 0.15) is 4.88 Å². The molecule has 4 heteroatoms. The third-order valence-electron chi connectivity index (χ3n) is 2.42. The molecule has 0 aliphatic carbocycles. The first-order valence-corrected chi connectivity index (χ1v) is 6.46. The molecule has 1 aromatic carbocycles. The highest BCUT2D eigenvalue weighted by Gasteiger charge is 2.16. The highest BCUT2D eigenvalue weighted by Crippen LogP contribution is 2.23. The molecule has 88 valence electrons. The third kappa shape index (κ3) is 2.87. The maximum absolute atomic E-state index is 12.1. The van der Waals surface area contributed by atoms with Crippen molar-refractivity contribution in [2.75, 3.05) is 7.05 Å². The molecule has 0 bridgehead atoms. The summed E-state index contributed by atoms with van der Waals surface area (Å²) < 4.78 is 0. The third-order valence-corrected chi connectivity index (χ3v) is 3.75. The monoisotopic (exact) mass is 265 g/mol. The van der Waals surface area contributed by atoms with Crippen LogP contribution in [0, 0.1) is 0 Å². The number of carbonyl (C=O) groups is 1. The van der Waals surface area contributed by atoms with Crippen molar-refractivity contribution >= 4 is 28.8 Å². The number of halogens is 1. The molecule has 0 fully saturated rings. The number of benzene rings is 1. The van der Waals surface area contributed by atoms with Crippen molar-refractivity contribution in [2.24, 2.45) is 0 Å². The summed E-state index contributed by atoms with van der Waals surface area (Å²) in [5.41, 5.74) is 1.11. The minimum atomic E-state index is -0.0335. The van der Waals surface area contributed by atoms with Crippen LogP contribution in [0.2, 0.25) is 5.02 Å². The van der Waals surface area contributed by atoms with E-state index in [1.54, 1.807) is 18.0 Å². The van der Waals surface area contributed by atoms with Gasteiger partial charge in [0.2, 0.25) is 0 Å². The largest absolute Gasteiger partial charge is 0.337 e. The summed E-state index contributed by atoms with van der Waals surface area (Å²) in [5, 5.41) is 2.35. The molecule has 0 N–H and O–H groups in total. The maximum atomic E-state index is 12.1. The van der Waals surface area contributed by atoms with Crippen LogP contribution in [0.5, 0.6) is 0 Å². The number of hydrogen-bond acceptors (Lipinski definition) is 2. The molecule has 2 nitrogen and oxygen atoms in total. The fourth-order valence-corrected chi connectivity index (χ4v) is 2.68. The molecule has 0 unspecified atom stereocenters. The second-order valence-corrected chi connectivity index (χ2v) is 5.07. The molecule has 2 aromatic rings. The molecular formula is C13H12ClNOS. The highest BCUT2D eigenvalue weighted by atomic mass is 35.5. The predicted octanol–water partition coefficient (Wildman–Crippen LogP) is 3.67. The zero-order chi connectivity index (χ0) is 12.3. The molecule has 1 amide bonds. The van der Waals surface area contributed by atoms with Gasteiger partial charge in [-0.1, -0.05) is 41.9 Å². The van der Waals surface area contributed by atoms with Gasteiger partial charge in [-0.2, -0.15) is 0 Å². The molecular weight excluding hydrogens is 254 g/mol. The summed E-state index contributed by atoms with van der Waals surface area (Å²) in [4.78, 5) is 14.4. The van der Waals surface area contributed by atoms with Crippen molar-refractivity contribution in [1.82, 2.24) is 4.90 Å². The minimum absolute atomic E-state index is 0.0335. The SMILES string of the molecule is CN(Cc1ccccc1)C(=O)c1sccc1Cl. The van der Waals surface area contributed by atoms with E-state index < -0.39 is 0 Å². The predicted molar refractivity (Wildman–Crippen MR) is 71.6 cm³/mol. The van der Waals surface area contributed by atoms with Gasteiger partial charge in [-0.3, -0.25) is 4.79 Å². The Hall–Kier alpha value is -1.32. The van der Waals surface area contributed by atoms with E-state index in [0.29, 0.717) is 16.4 Å². The minimum Gasteiger partial charge on any atom is -0.337 e. The van der Waals surface area contributed by atoms with Crippen molar-refractivity contribution in [1.29, 1.82) is 0 Å². The lowest BCUT2D eigenvalue weighted by atomic mass is 10.2. The summed E-state index contributed by atoms with van der Waals surface area (Å²) in [6.07, 6.45) is 0. The number of thiophene rings is 1. The van der Waals surface area contributed by atoms with E-state index in [9.17, 15) is 4.79 Å². The summed E-state index contributed by atoms with van der Waals surface area (Å²) >= 11 is 7.32. The zero-order valence-corrected chi connectivity index (χ0v) is 11.0. The van der Waals surface area contributed by atoms with Crippen molar-refractivity contribution in [3.63, 3.8) is 0 Å². The molecule has 2 rings (SSSR count). The van der Waals surface area contributed by atoms with Gasteiger partial charge in [-0.15, -0.1) is 11.3 Å². The van der Waals surface area contributed by atoms with Gasteiger partial charge in [0.05, 0.1) is 5.02 Å². The molecule has 0 atom stereocenters. The second-order valence-electron chi connectivity index (χ2n) is 3.74. The first-order valence-electron chi connectivity index (χ1n) is 5.21. The fraction of sp³-hybridized carbons (Fsp3) is 0.154. The first-order chi connectivity index (χ1) is 8.18. The molecule has 0 aliphatic heterocycles. The quantitative estimate of drug-likeness (QED) is 0.829. The van der Waals surface area contributed by atoms with E-state index >= 15 is 0 Å². The molecule has 1 aromatic heterocycles. The highest BCUT2D eigenvalue weighted by molar-refractivity contribution is 7.12. The van der Waals surface area contributed by atoms with Crippen LogP contribution >= 0.6 is 22.9 Å². The lowest BCUT2D eigenvalue weighted by Crippen LogP contribution is -2.25. The smallest absolute Gasteiger partial charge is 0.265 e. The van der Waals surface area contributed by atoms with E-state index in [1.165, 1.54) is 11.3 Å². The van der Waals surface area contributed by atoms with Crippen molar-refractivity contribution in [3.05, 3.63) is 57.2 Å². The number of nitrogens with zero attached hydrogens (tertiary/aromatic N) is 1. The molecule has 1 heterocycles. The van der Waals surface area contributed by atoms with Crippen LogP contribution in [0.4, 0.5) is 0 Å². The summed E-state index contributed by atoms with van der Waals surface area (Å²) in [5.74, 6) is -0.0335. The van der Waals surface area contributed by atoms with E-state index in [2.05, 4.69) is 0 Å². The Labute approximate surface area is 109 Å². The Balaban J connectivity index is 2.09. The number of rotatable bonds is 3. The van der Waals surface area contributed by atoms with Gasteiger partial charge < -0.3 is 4.90 Å². The normalized spacial score (nSPS) is 10.2. The standard InChI is InChI=1S/C13H12ClNOS/c1-15(9-10-5-3-2-4-6-10)13(16)12-11(14)7-8-17-12/h2-8H,9H2,1H3. The van der Waals surface area contributed by atoms with Crippen molar-refractivity contribution in [3.8, 4) is 0 Å². The zero-order valence-electron chi connectivity index (χ0n) is 9.39. The Morgan fingerprint density at radius 2 is 2.00 bits per heavy atom. The van der Waals surface area contributed by atoms with E-state index in [1.807, 2.05) is 35.7 Å². The van der Waals surface area contributed by atoms with E-state index in [-0.39, 0.29) is 5.91 Å². The molecule has 0 spiro atoms. The lowest BCUT2D eigenvalue weighted by molar-refractivity contribution is 0.0790. The van der Waals surface area contributed by atoms with E-state index in [0.717, 1.165) is 5.56 Å². The van der Waals surface area contributed by atoms with Crippen LogP contribution in [0.1, 0.15) is 15.2 Å². The van der Waals surface area contributed by atoms with Gasteiger partial charge in [0.15, 0.2) is 0 Å². The van der Waals surface area contributed by atoms with Crippen LogP contribution in [0.3, 0.4) is 0 Å². The Kier molecular flexibility index (Phi) is 3.82. The number of hydrogen-bond donors (Lipinski definition) is 0. The molecule has 0 saturated carbocycles. The van der Waals surface area contributed by atoms with Gasteiger partial charge in [0.25, 0.3) is 5.91 Å². The summed E-state index contributed by atoms with van der Waals surface area (Å²) in [7, 11) is 1.78.